The van der Waals surface area contributed by atoms with Crippen LogP contribution in [0.15, 0.2) is 60.8 Å². The van der Waals surface area contributed by atoms with Crippen LogP contribution in [0.4, 0.5) is 18.9 Å². The molecular formula is C28H28ClF3N4O3. The Bertz CT molecular complexity index is 1300. The predicted molar refractivity (Wildman–Crippen MR) is 141 cm³/mol. The van der Waals surface area contributed by atoms with Gasteiger partial charge in [-0.05, 0) is 55.0 Å². The van der Waals surface area contributed by atoms with Crippen molar-refractivity contribution in [2.75, 3.05) is 37.7 Å². The molecule has 2 aromatic carbocycles. The summed E-state index contributed by atoms with van der Waals surface area (Å²) in [6, 6.07) is 16.7. The maximum absolute atomic E-state index is 12.9. The number of ether oxygens (including phenoxy) is 1. The van der Waals surface area contributed by atoms with Crippen LogP contribution in [0.3, 0.4) is 0 Å². The Balaban J connectivity index is 1.56. The second kappa shape index (κ2) is 12.2. The summed E-state index contributed by atoms with van der Waals surface area (Å²) in [4.78, 5) is 7.96. The van der Waals surface area contributed by atoms with E-state index in [1.54, 1.807) is 31.2 Å². The van der Waals surface area contributed by atoms with E-state index in [9.17, 15) is 28.6 Å². The van der Waals surface area contributed by atoms with E-state index < -0.39 is 23.9 Å². The SMILES string of the molecule is C[C@H](O)COc1ccc(N2CCN(C[C@@H](O)c3ccc(C(F)(F)F)cn3)C[C@H]2c2ccc(Cl)cc2)c(C#N)c1. The van der Waals surface area contributed by atoms with Crippen molar-refractivity contribution in [1.29, 1.82) is 5.26 Å². The largest absolute Gasteiger partial charge is 0.491 e. The van der Waals surface area contributed by atoms with Crippen molar-refractivity contribution in [1.82, 2.24) is 9.88 Å². The Kier molecular flexibility index (Phi) is 8.97. The molecule has 1 aliphatic heterocycles. The van der Waals surface area contributed by atoms with Gasteiger partial charge in [0.25, 0.3) is 0 Å². The number of nitrogens with zero attached hydrogens (tertiary/aromatic N) is 4. The zero-order valence-electron chi connectivity index (χ0n) is 21.1. The minimum absolute atomic E-state index is 0.104. The van der Waals surface area contributed by atoms with Gasteiger partial charge in [-0.15, -0.1) is 0 Å². The lowest BCUT2D eigenvalue weighted by Gasteiger charge is -2.44. The zero-order valence-corrected chi connectivity index (χ0v) is 21.9. The van der Waals surface area contributed by atoms with E-state index in [2.05, 4.69) is 16.0 Å². The Morgan fingerprint density at radius 2 is 1.87 bits per heavy atom. The lowest BCUT2D eigenvalue weighted by molar-refractivity contribution is -0.137. The summed E-state index contributed by atoms with van der Waals surface area (Å²) in [5, 5.41) is 30.7. The Morgan fingerprint density at radius 1 is 1.13 bits per heavy atom. The molecule has 0 amide bonds. The Labute approximate surface area is 229 Å². The molecule has 4 rings (SSSR count). The monoisotopic (exact) mass is 560 g/mol. The van der Waals surface area contributed by atoms with E-state index in [0.29, 0.717) is 41.7 Å². The van der Waals surface area contributed by atoms with E-state index in [0.717, 1.165) is 17.8 Å². The third kappa shape index (κ3) is 7.19. The number of aromatic nitrogens is 1. The van der Waals surface area contributed by atoms with Crippen LogP contribution in [0.25, 0.3) is 0 Å². The first-order valence-electron chi connectivity index (χ1n) is 12.4. The molecule has 0 saturated carbocycles. The van der Waals surface area contributed by atoms with Crippen molar-refractivity contribution in [3.63, 3.8) is 0 Å². The van der Waals surface area contributed by atoms with E-state index >= 15 is 0 Å². The molecule has 1 aromatic heterocycles. The number of pyridine rings is 1. The van der Waals surface area contributed by atoms with Gasteiger partial charge < -0.3 is 19.8 Å². The number of hydrogen-bond donors (Lipinski definition) is 2. The predicted octanol–water partition coefficient (Wildman–Crippen LogP) is 4.98. The first kappa shape index (κ1) is 28.6. The smallest absolute Gasteiger partial charge is 0.417 e. The van der Waals surface area contributed by atoms with Crippen molar-refractivity contribution in [3.8, 4) is 11.8 Å². The molecule has 3 atom stereocenters. The van der Waals surface area contributed by atoms with Crippen molar-refractivity contribution in [2.24, 2.45) is 0 Å². The highest BCUT2D eigenvalue weighted by Gasteiger charge is 2.33. The highest BCUT2D eigenvalue weighted by Crippen LogP contribution is 2.35. The van der Waals surface area contributed by atoms with Crippen LogP contribution in [0.1, 0.15) is 41.5 Å². The van der Waals surface area contributed by atoms with Crippen LogP contribution in [0, 0.1) is 11.3 Å². The van der Waals surface area contributed by atoms with Crippen molar-refractivity contribution in [3.05, 3.63) is 88.2 Å². The first-order valence-corrected chi connectivity index (χ1v) is 12.7. The van der Waals surface area contributed by atoms with Crippen LogP contribution in [0.5, 0.6) is 5.75 Å². The number of alkyl halides is 3. The molecule has 2 heterocycles. The fourth-order valence-corrected chi connectivity index (χ4v) is 4.66. The summed E-state index contributed by atoms with van der Waals surface area (Å²) in [6.45, 7) is 3.42. The first-order chi connectivity index (χ1) is 18.5. The van der Waals surface area contributed by atoms with Gasteiger partial charge >= 0.3 is 6.18 Å². The molecule has 39 heavy (non-hydrogen) atoms. The fourth-order valence-electron chi connectivity index (χ4n) is 4.53. The van der Waals surface area contributed by atoms with Crippen LogP contribution >= 0.6 is 11.6 Å². The second-order valence-electron chi connectivity index (χ2n) is 9.46. The normalized spacial score (nSPS) is 17.9. The number of benzene rings is 2. The van der Waals surface area contributed by atoms with Gasteiger partial charge in [-0.3, -0.25) is 9.88 Å². The molecule has 1 saturated heterocycles. The number of nitriles is 1. The van der Waals surface area contributed by atoms with E-state index in [4.69, 9.17) is 16.3 Å². The molecule has 1 aliphatic rings. The average Bonchev–Trinajstić information content (AvgIpc) is 2.92. The Hall–Kier alpha value is -3.36. The third-order valence-electron chi connectivity index (χ3n) is 6.49. The van der Waals surface area contributed by atoms with E-state index in [1.807, 2.05) is 23.1 Å². The van der Waals surface area contributed by atoms with Crippen molar-refractivity contribution in [2.45, 2.75) is 31.3 Å². The summed E-state index contributed by atoms with van der Waals surface area (Å²) in [5.41, 5.74) is 1.37. The molecule has 7 nitrogen and oxygen atoms in total. The summed E-state index contributed by atoms with van der Waals surface area (Å²) in [6.07, 6.45) is -5.50. The van der Waals surface area contributed by atoms with Crippen LogP contribution in [-0.4, -0.2) is 59.0 Å². The van der Waals surface area contributed by atoms with Gasteiger partial charge in [0, 0.05) is 37.4 Å². The average molecular weight is 561 g/mol. The van der Waals surface area contributed by atoms with E-state index in [1.165, 1.54) is 6.07 Å². The number of hydrogen-bond acceptors (Lipinski definition) is 7. The summed E-state index contributed by atoms with van der Waals surface area (Å²) < 4.78 is 44.2. The summed E-state index contributed by atoms with van der Waals surface area (Å²) in [5.74, 6) is 0.477. The van der Waals surface area contributed by atoms with Gasteiger partial charge in [-0.25, -0.2) is 0 Å². The van der Waals surface area contributed by atoms with Crippen molar-refractivity contribution < 1.29 is 28.1 Å². The van der Waals surface area contributed by atoms with Gasteiger partial charge in [-0.2, -0.15) is 18.4 Å². The highest BCUT2D eigenvalue weighted by atomic mass is 35.5. The summed E-state index contributed by atoms with van der Waals surface area (Å²) in [7, 11) is 0. The lowest BCUT2D eigenvalue weighted by atomic mass is 9.99. The van der Waals surface area contributed by atoms with E-state index in [-0.39, 0.29) is 24.9 Å². The molecule has 0 spiro atoms. The third-order valence-corrected chi connectivity index (χ3v) is 6.75. The number of rotatable bonds is 8. The van der Waals surface area contributed by atoms with Gasteiger partial charge in [0.05, 0.1) is 34.7 Å². The van der Waals surface area contributed by atoms with Crippen LogP contribution < -0.4 is 9.64 Å². The maximum atomic E-state index is 12.9. The number of piperazine rings is 1. The number of halogens is 4. The summed E-state index contributed by atoms with van der Waals surface area (Å²) >= 11 is 6.12. The molecular weight excluding hydrogens is 533 g/mol. The van der Waals surface area contributed by atoms with Gasteiger partial charge in [0.2, 0.25) is 0 Å². The highest BCUT2D eigenvalue weighted by molar-refractivity contribution is 6.30. The molecule has 3 aromatic rings. The number of aliphatic hydroxyl groups excluding tert-OH is 2. The van der Waals surface area contributed by atoms with Gasteiger partial charge in [0.15, 0.2) is 0 Å². The molecule has 11 heteroatoms. The number of β-amino-alcohol motifs (C(OH)–C–C–N with tert-alkyl or cyclic N) is 1. The molecule has 1 fully saturated rings. The van der Waals surface area contributed by atoms with Crippen LogP contribution in [-0.2, 0) is 6.18 Å². The molecule has 0 radical (unpaired) electrons. The Morgan fingerprint density at radius 3 is 2.49 bits per heavy atom. The molecule has 206 valence electrons. The fraction of sp³-hybridized carbons (Fsp3) is 0.357. The number of aliphatic hydroxyl groups is 2. The topological polar surface area (TPSA) is 92.8 Å². The minimum atomic E-state index is -4.50. The second-order valence-corrected chi connectivity index (χ2v) is 9.89. The quantitative estimate of drug-likeness (QED) is 0.401. The molecule has 0 aliphatic carbocycles. The van der Waals surface area contributed by atoms with Gasteiger partial charge in [0.1, 0.15) is 24.5 Å². The zero-order chi connectivity index (χ0) is 28.2. The van der Waals surface area contributed by atoms with Crippen molar-refractivity contribution >= 4 is 17.3 Å². The standard InChI is InChI=1S/C28H28ClF3N4O3/c1-18(37)17-39-23-7-9-25(20(12-23)13-33)36-11-10-35(15-26(36)19-2-5-22(29)6-3-19)16-27(38)24-8-4-21(14-34-24)28(30,31)32/h2-9,12,14,18,26-27,37-38H,10-11,15-17H2,1H3/t18-,26-,27+/m0/s1. The van der Waals surface area contributed by atoms with Gasteiger partial charge in [-0.1, -0.05) is 23.7 Å². The lowest BCUT2D eigenvalue weighted by Crippen LogP contribution is -2.49. The molecule has 0 bridgehead atoms. The van der Waals surface area contributed by atoms with Crippen LogP contribution in [0.2, 0.25) is 5.02 Å². The minimum Gasteiger partial charge on any atom is -0.491 e. The maximum Gasteiger partial charge on any atom is 0.417 e. The number of anilines is 1. The molecule has 2 N–H and O–H groups in total. The molecule has 0 unspecified atom stereocenters.